The Morgan fingerprint density at radius 1 is 1.58 bits per heavy atom. The molecular formula is C8H13BrN2S. The summed E-state index contributed by atoms with van der Waals surface area (Å²) in [5.41, 5.74) is 2.38. The minimum Gasteiger partial charge on any atom is -0.268 e. The highest BCUT2D eigenvalue weighted by atomic mass is 79.9. The zero-order valence-corrected chi connectivity index (χ0v) is 10.00. The molecule has 0 aliphatic rings. The van der Waals surface area contributed by atoms with E-state index in [0.29, 0.717) is 0 Å². The van der Waals surface area contributed by atoms with Crippen LogP contribution in [-0.4, -0.2) is 16.0 Å². The lowest BCUT2D eigenvalue weighted by atomic mass is 10.4. The molecule has 0 atom stereocenters. The van der Waals surface area contributed by atoms with Crippen molar-refractivity contribution in [3.8, 4) is 0 Å². The Balaban J connectivity index is 3.03. The van der Waals surface area contributed by atoms with E-state index in [1.54, 1.807) is 0 Å². The standard InChI is InChI=1S/C8H13BrN2S/c1-4-11-7(5-12-3)8(9)6(2)10-11/h4-5H2,1-3H3. The molecule has 0 amide bonds. The van der Waals surface area contributed by atoms with Gasteiger partial charge in [0, 0.05) is 12.3 Å². The Morgan fingerprint density at radius 3 is 2.75 bits per heavy atom. The molecule has 1 rings (SSSR count). The van der Waals surface area contributed by atoms with Crippen LogP contribution in [0.1, 0.15) is 18.3 Å². The van der Waals surface area contributed by atoms with Crippen molar-refractivity contribution in [1.29, 1.82) is 0 Å². The summed E-state index contributed by atoms with van der Waals surface area (Å²) in [7, 11) is 0. The van der Waals surface area contributed by atoms with Gasteiger partial charge in [-0.25, -0.2) is 0 Å². The molecule has 0 aromatic carbocycles. The van der Waals surface area contributed by atoms with E-state index in [1.807, 2.05) is 18.7 Å². The first-order valence-electron chi connectivity index (χ1n) is 3.91. The van der Waals surface area contributed by atoms with Gasteiger partial charge in [0.1, 0.15) is 0 Å². The van der Waals surface area contributed by atoms with Crippen LogP contribution in [0.2, 0.25) is 0 Å². The van der Waals surface area contributed by atoms with E-state index in [9.17, 15) is 0 Å². The van der Waals surface area contributed by atoms with Crippen molar-refractivity contribution in [2.24, 2.45) is 0 Å². The van der Waals surface area contributed by atoms with Gasteiger partial charge in [-0.1, -0.05) is 0 Å². The molecule has 0 aliphatic carbocycles. The molecule has 0 bridgehead atoms. The number of thioether (sulfide) groups is 1. The van der Waals surface area contributed by atoms with Crippen LogP contribution in [0.25, 0.3) is 0 Å². The predicted octanol–water partition coefficient (Wildman–Crippen LogP) is 2.84. The van der Waals surface area contributed by atoms with Crippen molar-refractivity contribution in [1.82, 2.24) is 9.78 Å². The second-order valence-corrected chi connectivity index (χ2v) is 4.25. The summed E-state index contributed by atoms with van der Waals surface area (Å²) in [6, 6.07) is 0. The van der Waals surface area contributed by atoms with Gasteiger partial charge in [-0.15, -0.1) is 0 Å². The van der Waals surface area contributed by atoms with Gasteiger partial charge in [0.05, 0.1) is 15.9 Å². The van der Waals surface area contributed by atoms with Crippen LogP contribution in [0.3, 0.4) is 0 Å². The summed E-state index contributed by atoms with van der Waals surface area (Å²) >= 11 is 5.37. The van der Waals surface area contributed by atoms with E-state index in [0.717, 1.165) is 18.0 Å². The normalized spacial score (nSPS) is 10.7. The van der Waals surface area contributed by atoms with Crippen molar-refractivity contribution < 1.29 is 0 Å². The highest BCUT2D eigenvalue weighted by molar-refractivity contribution is 9.10. The molecule has 0 N–H and O–H groups in total. The molecule has 0 saturated carbocycles. The zero-order chi connectivity index (χ0) is 9.14. The zero-order valence-electron chi connectivity index (χ0n) is 7.59. The number of hydrogen-bond donors (Lipinski definition) is 0. The van der Waals surface area contributed by atoms with Gasteiger partial charge < -0.3 is 0 Å². The van der Waals surface area contributed by atoms with Crippen molar-refractivity contribution in [2.75, 3.05) is 6.26 Å². The summed E-state index contributed by atoms with van der Waals surface area (Å²) in [4.78, 5) is 0. The Morgan fingerprint density at radius 2 is 2.25 bits per heavy atom. The molecule has 0 unspecified atom stereocenters. The molecule has 1 aromatic rings. The van der Waals surface area contributed by atoms with Crippen LogP contribution in [0.5, 0.6) is 0 Å². The quantitative estimate of drug-likeness (QED) is 0.819. The number of aryl methyl sites for hydroxylation is 2. The fraction of sp³-hybridized carbons (Fsp3) is 0.625. The first-order chi connectivity index (χ1) is 5.70. The molecule has 68 valence electrons. The maximum atomic E-state index is 4.40. The highest BCUT2D eigenvalue weighted by Crippen LogP contribution is 2.23. The molecule has 2 nitrogen and oxygen atoms in total. The predicted molar refractivity (Wildman–Crippen MR) is 57.6 cm³/mol. The molecule has 0 radical (unpaired) electrons. The molecule has 1 heterocycles. The summed E-state index contributed by atoms with van der Waals surface area (Å²) in [5.74, 6) is 1.02. The number of nitrogens with zero attached hydrogens (tertiary/aromatic N) is 2. The van der Waals surface area contributed by atoms with E-state index in [-0.39, 0.29) is 0 Å². The number of aromatic nitrogens is 2. The summed E-state index contributed by atoms with van der Waals surface area (Å²) < 4.78 is 3.22. The summed E-state index contributed by atoms with van der Waals surface area (Å²) in [6.07, 6.45) is 2.11. The number of rotatable bonds is 3. The van der Waals surface area contributed by atoms with Crippen molar-refractivity contribution in [3.63, 3.8) is 0 Å². The maximum absolute atomic E-state index is 4.40. The molecule has 12 heavy (non-hydrogen) atoms. The SMILES string of the molecule is CCn1nc(C)c(Br)c1CSC. The van der Waals surface area contributed by atoms with Crippen LogP contribution in [0.15, 0.2) is 4.47 Å². The Bertz CT molecular complexity index is 270. The van der Waals surface area contributed by atoms with Crippen LogP contribution < -0.4 is 0 Å². The fourth-order valence-electron chi connectivity index (χ4n) is 1.14. The second kappa shape index (κ2) is 4.33. The van der Waals surface area contributed by atoms with Gasteiger partial charge in [-0.3, -0.25) is 4.68 Å². The van der Waals surface area contributed by atoms with E-state index in [2.05, 4.69) is 38.9 Å². The Labute approximate surface area is 85.9 Å². The van der Waals surface area contributed by atoms with Gasteiger partial charge in [-0.2, -0.15) is 16.9 Å². The average Bonchev–Trinajstić information content (AvgIpc) is 2.33. The lowest BCUT2D eigenvalue weighted by Crippen LogP contribution is -2.01. The van der Waals surface area contributed by atoms with Gasteiger partial charge in [0.25, 0.3) is 0 Å². The Kier molecular flexibility index (Phi) is 3.65. The third kappa shape index (κ3) is 1.85. The Hall–Kier alpha value is 0.0400. The second-order valence-electron chi connectivity index (χ2n) is 2.59. The minimum absolute atomic E-state index is 0.947. The van der Waals surface area contributed by atoms with E-state index in [4.69, 9.17) is 0 Å². The largest absolute Gasteiger partial charge is 0.268 e. The molecule has 1 aromatic heterocycles. The summed E-state index contributed by atoms with van der Waals surface area (Å²) in [6.45, 7) is 5.09. The first-order valence-corrected chi connectivity index (χ1v) is 6.10. The van der Waals surface area contributed by atoms with Crippen molar-refractivity contribution in [2.45, 2.75) is 26.1 Å². The number of halogens is 1. The molecule has 0 aliphatic heterocycles. The number of hydrogen-bond acceptors (Lipinski definition) is 2. The first kappa shape index (κ1) is 10.1. The third-order valence-corrected chi connectivity index (χ3v) is 3.33. The van der Waals surface area contributed by atoms with Gasteiger partial charge in [0.2, 0.25) is 0 Å². The average molecular weight is 249 g/mol. The topological polar surface area (TPSA) is 17.8 Å². The lowest BCUT2D eigenvalue weighted by Gasteiger charge is -2.02. The molecular weight excluding hydrogens is 236 g/mol. The third-order valence-electron chi connectivity index (χ3n) is 1.73. The van der Waals surface area contributed by atoms with Gasteiger partial charge in [0.15, 0.2) is 0 Å². The lowest BCUT2D eigenvalue weighted by molar-refractivity contribution is 0.631. The van der Waals surface area contributed by atoms with Crippen LogP contribution in [0, 0.1) is 6.92 Å². The molecule has 0 saturated heterocycles. The maximum Gasteiger partial charge on any atom is 0.0739 e. The van der Waals surface area contributed by atoms with Crippen molar-refractivity contribution in [3.05, 3.63) is 15.9 Å². The van der Waals surface area contributed by atoms with E-state index >= 15 is 0 Å². The van der Waals surface area contributed by atoms with E-state index in [1.165, 1.54) is 10.2 Å². The van der Waals surface area contributed by atoms with E-state index < -0.39 is 0 Å². The van der Waals surface area contributed by atoms with Gasteiger partial charge in [-0.05, 0) is 36.0 Å². The molecule has 0 spiro atoms. The fourth-order valence-corrected chi connectivity index (χ4v) is 2.32. The highest BCUT2D eigenvalue weighted by Gasteiger charge is 2.10. The van der Waals surface area contributed by atoms with Gasteiger partial charge >= 0.3 is 0 Å². The van der Waals surface area contributed by atoms with Crippen molar-refractivity contribution >= 4 is 27.7 Å². The smallest absolute Gasteiger partial charge is 0.0739 e. The van der Waals surface area contributed by atoms with Crippen LogP contribution in [-0.2, 0) is 12.3 Å². The molecule has 4 heteroatoms. The minimum atomic E-state index is 0.947. The van der Waals surface area contributed by atoms with Crippen LogP contribution >= 0.6 is 27.7 Å². The monoisotopic (exact) mass is 248 g/mol. The summed E-state index contributed by atoms with van der Waals surface area (Å²) in [5, 5.41) is 4.40. The molecule has 0 fully saturated rings. The van der Waals surface area contributed by atoms with Crippen LogP contribution in [0.4, 0.5) is 0 Å².